The predicted octanol–water partition coefficient (Wildman–Crippen LogP) is 3.69. The molecule has 0 saturated carbocycles. The molecular formula is C23H23N3O4S. The molecule has 0 radical (unpaired) electrons. The Morgan fingerprint density at radius 1 is 1.19 bits per heavy atom. The predicted molar refractivity (Wildman–Crippen MR) is 120 cm³/mol. The minimum atomic E-state index is -0.472. The van der Waals surface area contributed by atoms with Crippen molar-refractivity contribution in [3.63, 3.8) is 0 Å². The second-order valence-corrected chi connectivity index (χ2v) is 8.44. The number of aliphatic imine (C=N–C) groups is 1. The number of hydrogen-bond donors (Lipinski definition) is 1. The molecule has 0 spiro atoms. The molecule has 2 aromatic rings. The SMILES string of the molecule is CC1=C(C(=O)Oc2ccccc2)C2C(=C(N)n3cccc32)C(SCC(=O)OC(C)C)=N1. The van der Waals surface area contributed by atoms with Crippen LogP contribution in [0.25, 0.3) is 5.82 Å². The number of carbonyl (C=O) groups is 2. The van der Waals surface area contributed by atoms with Gasteiger partial charge in [-0.2, -0.15) is 0 Å². The molecule has 7 nitrogen and oxygen atoms in total. The highest BCUT2D eigenvalue weighted by Crippen LogP contribution is 2.47. The summed E-state index contributed by atoms with van der Waals surface area (Å²) in [6.45, 7) is 5.38. The summed E-state index contributed by atoms with van der Waals surface area (Å²) in [7, 11) is 0. The molecule has 0 fully saturated rings. The van der Waals surface area contributed by atoms with E-state index in [9.17, 15) is 9.59 Å². The molecule has 0 aliphatic carbocycles. The van der Waals surface area contributed by atoms with Gasteiger partial charge in [0.1, 0.15) is 16.6 Å². The molecule has 0 saturated heterocycles. The third-order valence-electron chi connectivity index (χ3n) is 4.95. The third-order valence-corrected chi connectivity index (χ3v) is 5.91. The van der Waals surface area contributed by atoms with E-state index >= 15 is 0 Å². The molecule has 2 N–H and O–H groups in total. The molecule has 31 heavy (non-hydrogen) atoms. The second kappa shape index (κ2) is 8.47. The first-order chi connectivity index (χ1) is 14.9. The van der Waals surface area contributed by atoms with Crippen molar-refractivity contribution >= 4 is 34.6 Å². The minimum Gasteiger partial charge on any atom is -0.462 e. The van der Waals surface area contributed by atoms with Crippen LogP contribution < -0.4 is 10.5 Å². The standard InChI is InChI=1S/C23H23N3O4S/c1-13(2)29-17(27)12-31-22-20-19(16-10-7-11-26(16)21(20)24)18(14(3)25-22)23(28)30-15-8-5-4-6-9-15/h4-11,13,19H,12,24H2,1-3H3. The zero-order valence-corrected chi connectivity index (χ0v) is 18.3. The van der Waals surface area contributed by atoms with Gasteiger partial charge >= 0.3 is 11.9 Å². The number of rotatable bonds is 5. The summed E-state index contributed by atoms with van der Waals surface area (Å²) in [6, 6.07) is 12.7. The van der Waals surface area contributed by atoms with Gasteiger partial charge in [0.25, 0.3) is 0 Å². The van der Waals surface area contributed by atoms with E-state index in [4.69, 9.17) is 15.2 Å². The average molecular weight is 438 g/mol. The lowest BCUT2D eigenvalue weighted by molar-refractivity contribution is -0.144. The van der Waals surface area contributed by atoms with E-state index in [0.717, 1.165) is 5.69 Å². The minimum absolute atomic E-state index is 0.104. The van der Waals surface area contributed by atoms with Crippen LogP contribution >= 0.6 is 11.8 Å². The molecule has 2 aliphatic heterocycles. The maximum Gasteiger partial charge on any atom is 0.342 e. The normalized spacial score (nSPS) is 17.4. The monoisotopic (exact) mass is 437 g/mol. The van der Waals surface area contributed by atoms with Crippen LogP contribution in [0.15, 0.2) is 70.5 Å². The Balaban J connectivity index is 1.69. The van der Waals surface area contributed by atoms with Gasteiger partial charge in [-0.1, -0.05) is 30.0 Å². The molecule has 0 bridgehead atoms. The molecule has 1 aromatic carbocycles. The van der Waals surface area contributed by atoms with Crippen molar-refractivity contribution in [1.82, 2.24) is 4.57 Å². The number of aromatic nitrogens is 1. The maximum absolute atomic E-state index is 13.2. The van der Waals surface area contributed by atoms with Crippen LogP contribution in [0.4, 0.5) is 0 Å². The first kappa shape index (κ1) is 21.0. The molecule has 160 valence electrons. The number of allylic oxidation sites excluding steroid dienone is 1. The lowest BCUT2D eigenvalue weighted by Crippen LogP contribution is -2.25. The van der Waals surface area contributed by atoms with Gasteiger partial charge in [0.2, 0.25) is 0 Å². The van der Waals surface area contributed by atoms with Crippen LogP contribution in [-0.2, 0) is 14.3 Å². The van der Waals surface area contributed by atoms with Crippen LogP contribution in [0.5, 0.6) is 5.75 Å². The fraction of sp³-hybridized carbons (Fsp3) is 0.261. The van der Waals surface area contributed by atoms with Crippen LogP contribution in [-0.4, -0.2) is 33.4 Å². The molecule has 8 heteroatoms. The lowest BCUT2D eigenvalue weighted by Gasteiger charge is -2.24. The Hall–Kier alpha value is -3.26. The van der Waals surface area contributed by atoms with Gasteiger partial charge in [0, 0.05) is 17.5 Å². The van der Waals surface area contributed by atoms with Crippen molar-refractivity contribution in [3.05, 3.63) is 71.2 Å². The number of para-hydroxylation sites is 1. The zero-order chi connectivity index (χ0) is 22.1. The highest BCUT2D eigenvalue weighted by atomic mass is 32.2. The number of ether oxygens (including phenoxy) is 2. The molecule has 1 atom stereocenters. The van der Waals surface area contributed by atoms with Gasteiger partial charge in [-0.3, -0.25) is 4.79 Å². The molecular weight excluding hydrogens is 414 g/mol. The Morgan fingerprint density at radius 3 is 2.65 bits per heavy atom. The van der Waals surface area contributed by atoms with Gasteiger partial charge in [0.15, 0.2) is 0 Å². The summed E-state index contributed by atoms with van der Waals surface area (Å²) >= 11 is 1.26. The molecule has 1 aromatic heterocycles. The van der Waals surface area contributed by atoms with Gasteiger partial charge in [-0.05, 0) is 45.0 Å². The Kier molecular flexibility index (Phi) is 5.73. The number of fused-ring (bicyclic) bond motifs is 3. The summed E-state index contributed by atoms with van der Waals surface area (Å²) in [5.41, 5.74) is 8.99. The first-order valence-electron chi connectivity index (χ1n) is 9.93. The summed E-state index contributed by atoms with van der Waals surface area (Å²) < 4.78 is 12.7. The van der Waals surface area contributed by atoms with Crippen LogP contribution in [0, 0.1) is 0 Å². The van der Waals surface area contributed by atoms with Crippen molar-refractivity contribution in [2.75, 3.05) is 5.75 Å². The summed E-state index contributed by atoms with van der Waals surface area (Å²) in [4.78, 5) is 29.8. The number of benzene rings is 1. The molecule has 1 unspecified atom stereocenters. The number of carbonyl (C=O) groups excluding carboxylic acids is 2. The van der Waals surface area contributed by atoms with E-state index in [2.05, 4.69) is 4.99 Å². The highest BCUT2D eigenvalue weighted by Gasteiger charge is 2.42. The quantitative estimate of drug-likeness (QED) is 0.566. The average Bonchev–Trinajstić information content (AvgIpc) is 3.30. The molecule has 3 heterocycles. The third kappa shape index (κ3) is 4.03. The molecule has 4 rings (SSSR count). The van der Waals surface area contributed by atoms with Crippen LogP contribution in [0.2, 0.25) is 0 Å². The van der Waals surface area contributed by atoms with E-state index in [0.29, 0.717) is 33.5 Å². The topological polar surface area (TPSA) is 95.9 Å². The van der Waals surface area contributed by atoms with Crippen molar-refractivity contribution < 1.29 is 19.1 Å². The van der Waals surface area contributed by atoms with Gasteiger partial charge in [-0.25, -0.2) is 9.79 Å². The van der Waals surface area contributed by atoms with Gasteiger partial charge in [0.05, 0.1) is 29.0 Å². The number of hydrogen-bond acceptors (Lipinski definition) is 7. The van der Waals surface area contributed by atoms with Crippen LogP contribution in [0.1, 0.15) is 32.4 Å². The fourth-order valence-corrected chi connectivity index (χ4v) is 4.63. The van der Waals surface area contributed by atoms with E-state index in [1.165, 1.54) is 11.8 Å². The van der Waals surface area contributed by atoms with E-state index in [1.807, 2.05) is 29.0 Å². The maximum atomic E-state index is 13.2. The Morgan fingerprint density at radius 2 is 1.94 bits per heavy atom. The molecule has 2 aliphatic rings. The highest BCUT2D eigenvalue weighted by molar-refractivity contribution is 8.15. The first-order valence-corrected chi connectivity index (χ1v) is 10.9. The van der Waals surface area contributed by atoms with Gasteiger partial charge in [-0.15, -0.1) is 0 Å². The smallest absolute Gasteiger partial charge is 0.342 e. The second-order valence-electron chi connectivity index (χ2n) is 7.48. The lowest BCUT2D eigenvalue weighted by atomic mass is 9.87. The van der Waals surface area contributed by atoms with E-state index in [1.54, 1.807) is 45.0 Å². The summed E-state index contributed by atoms with van der Waals surface area (Å²) in [6.07, 6.45) is 1.66. The van der Waals surface area contributed by atoms with Gasteiger partial charge < -0.3 is 19.8 Å². The zero-order valence-electron chi connectivity index (χ0n) is 17.5. The summed E-state index contributed by atoms with van der Waals surface area (Å²) in [5.74, 6) is -0.155. The number of nitrogens with zero attached hydrogens (tertiary/aromatic N) is 2. The van der Waals surface area contributed by atoms with Crippen molar-refractivity contribution in [3.8, 4) is 5.75 Å². The fourth-order valence-electron chi connectivity index (χ4n) is 3.73. The number of thioether (sulfide) groups is 1. The number of esters is 2. The van der Waals surface area contributed by atoms with Crippen molar-refractivity contribution in [2.45, 2.75) is 32.8 Å². The Bertz CT molecular complexity index is 1130. The van der Waals surface area contributed by atoms with Crippen molar-refractivity contribution in [1.29, 1.82) is 0 Å². The summed E-state index contributed by atoms with van der Waals surface area (Å²) in [5, 5.41) is 0.612. The van der Waals surface area contributed by atoms with Crippen molar-refractivity contribution in [2.24, 2.45) is 10.7 Å². The number of nitrogens with two attached hydrogens (primary N) is 1. The largest absolute Gasteiger partial charge is 0.462 e. The molecule has 0 amide bonds. The van der Waals surface area contributed by atoms with E-state index < -0.39 is 11.9 Å². The van der Waals surface area contributed by atoms with E-state index in [-0.39, 0.29) is 17.8 Å². The Labute approximate surface area is 184 Å². The van der Waals surface area contributed by atoms with Crippen LogP contribution in [0.3, 0.4) is 0 Å².